The number of aliphatic carboxylic acids is 2. The summed E-state index contributed by atoms with van der Waals surface area (Å²) in [6, 6.07) is -1.04. The highest BCUT2D eigenvalue weighted by molar-refractivity contribution is 5.80. The molecule has 0 spiro atoms. The van der Waals surface area contributed by atoms with E-state index < -0.39 is 24.4 Å². The number of carboxylic acid groups (broad SMARTS) is 2. The highest BCUT2D eigenvalue weighted by Gasteiger charge is 2.17. The second-order valence-corrected chi connectivity index (χ2v) is 3.33. The van der Waals surface area contributed by atoms with E-state index in [2.05, 4.69) is 17.2 Å². The maximum absolute atomic E-state index is 10.1. The molecule has 0 aliphatic carbocycles. The van der Waals surface area contributed by atoms with Gasteiger partial charge in [0.05, 0.1) is 12.5 Å². The molecule has 0 fully saturated rings. The Balaban J connectivity index is 0. The van der Waals surface area contributed by atoms with Gasteiger partial charge >= 0.3 is 11.9 Å². The van der Waals surface area contributed by atoms with Gasteiger partial charge in [-0.05, 0) is 20.5 Å². The van der Waals surface area contributed by atoms with Crippen LogP contribution in [-0.4, -0.2) is 54.6 Å². The highest BCUT2D eigenvalue weighted by atomic mass is 16.4. The smallest absolute Gasteiger partial charge is 0.321 e. The van der Waals surface area contributed by atoms with Crippen molar-refractivity contribution in [3.63, 3.8) is 0 Å². The Kier molecular flexibility index (Phi) is 12.2. The molecule has 0 radical (unpaired) electrons. The first-order chi connectivity index (χ1) is 8.42. The summed E-state index contributed by atoms with van der Waals surface area (Å²) in [6.45, 7) is 3.50. The van der Waals surface area contributed by atoms with E-state index in [1.807, 2.05) is 0 Å². The molecule has 2 unspecified atom stereocenters. The third-order valence-corrected chi connectivity index (χ3v) is 1.98. The average molecular weight is 260 g/mol. The maximum atomic E-state index is 10.1. The molecule has 0 heterocycles. The van der Waals surface area contributed by atoms with Gasteiger partial charge in [0.25, 0.3) is 0 Å². The molecule has 0 amide bonds. The van der Waals surface area contributed by atoms with Gasteiger partial charge in [-0.25, -0.2) is 0 Å². The lowest BCUT2D eigenvalue weighted by Crippen LogP contribution is -2.35. The van der Waals surface area contributed by atoms with Gasteiger partial charge in [-0.15, -0.1) is 6.58 Å². The van der Waals surface area contributed by atoms with Gasteiger partial charge in [-0.3, -0.25) is 9.59 Å². The minimum absolute atomic E-state index is 0.0486. The first-order valence-corrected chi connectivity index (χ1v) is 5.28. The van der Waals surface area contributed by atoms with Crippen molar-refractivity contribution in [3.05, 3.63) is 12.7 Å². The van der Waals surface area contributed by atoms with Crippen molar-refractivity contribution < 1.29 is 24.6 Å². The molecule has 0 saturated heterocycles. The fraction of sp³-hybridized carbons (Fsp3) is 0.545. The van der Waals surface area contributed by atoms with Crippen LogP contribution in [0.3, 0.4) is 0 Å². The number of carbonyl (C=O) groups excluding carboxylic acids is 1. The van der Waals surface area contributed by atoms with Crippen LogP contribution in [0.5, 0.6) is 0 Å². The first-order valence-electron chi connectivity index (χ1n) is 5.28. The van der Waals surface area contributed by atoms with E-state index in [0.717, 1.165) is 6.29 Å². The molecular weight excluding hydrogens is 240 g/mol. The van der Waals surface area contributed by atoms with Crippen LogP contribution < -0.4 is 10.6 Å². The van der Waals surface area contributed by atoms with Crippen molar-refractivity contribution in [2.24, 2.45) is 0 Å². The number of carbonyl (C=O) groups is 3. The summed E-state index contributed by atoms with van der Waals surface area (Å²) >= 11 is 0. The Morgan fingerprint density at radius 1 is 1.28 bits per heavy atom. The largest absolute Gasteiger partial charge is 0.481 e. The third-order valence-electron chi connectivity index (χ3n) is 1.98. The van der Waals surface area contributed by atoms with Crippen molar-refractivity contribution in [1.82, 2.24) is 10.6 Å². The third kappa shape index (κ3) is 10.8. The lowest BCUT2D eigenvalue weighted by molar-refractivity contribution is -0.145. The number of carboxylic acids is 2. The molecule has 0 aromatic carbocycles. The Hall–Kier alpha value is -1.73. The van der Waals surface area contributed by atoms with Crippen LogP contribution in [0, 0.1) is 0 Å². The number of likely N-dealkylation sites (N-methyl/N-ethyl adjacent to an activating group) is 2. The van der Waals surface area contributed by atoms with Gasteiger partial charge in [-0.2, -0.15) is 0 Å². The number of aldehydes is 1. The topological polar surface area (TPSA) is 116 Å². The summed E-state index contributed by atoms with van der Waals surface area (Å²) in [4.78, 5) is 30.1. The molecule has 7 nitrogen and oxygen atoms in total. The quantitative estimate of drug-likeness (QED) is 0.343. The van der Waals surface area contributed by atoms with Crippen LogP contribution in [0.15, 0.2) is 12.7 Å². The monoisotopic (exact) mass is 260 g/mol. The minimum atomic E-state index is -1.15. The summed E-state index contributed by atoms with van der Waals surface area (Å²) in [6.07, 6.45) is 2.91. The zero-order valence-electron chi connectivity index (χ0n) is 10.5. The summed E-state index contributed by atoms with van der Waals surface area (Å²) < 4.78 is 0. The number of nitrogens with one attached hydrogen (secondary N) is 2. The molecule has 0 rings (SSSR count). The summed E-state index contributed by atoms with van der Waals surface area (Å²) in [5.41, 5.74) is 0. The second-order valence-electron chi connectivity index (χ2n) is 3.33. The van der Waals surface area contributed by atoms with Gasteiger partial charge in [-0.1, -0.05) is 6.08 Å². The average Bonchev–Trinajstić information content (AvgIpc) is 2.33. The van der Waals surface area contributed by atoms with Gasteiger partial charge in [0.1, 0.15) is 12.3 Å². The van der Waals surface area contributed by atoms with E-state index >= 15 is 0 Å². The molecule has 4 N–H and O–H groups in total. The minimum Gasteiger partial charge on any atom is -0.481 e. The molecule has 18 heavy (non-hydrogen) atoms. The van der Waals surface area contributed by atoms with Crippen LogP contribution in [0.25, 0.3) is 0 Å². The molecule has 7 heteroatoms. The Labute approximate surface area is 106 Å². The Bertz CT molecular complexity index is 281. The molecule has 104 valence electrons. The normalized spacial score (nSPS) is 12.6. The molecule has 0 aliphatic heterocycles. The van der Waals surface area contributed by atoms with Crippen molar-refractivity contribution in [2.75, 3.05) is 14.1 Å². The van der Waals surface area contributed by atoms with E-state index in [0.29, 0.717) is 6.42 Å². The van der Waals surface area contributed by atoms with E-state index in [9.17, 15) is 14.4 Å². The molecule has 0 aromatic rings. The van der Waals surface area contributed by atoms with Gasteiger partial charge in [0.15, 0.2) is 0 Å². The fourth-order valence-corrected chi connectivity index (χ4v) is 0.908. The van der Waals surface area contributed by atoms with E-state index in [1.54, 1.807) is 13.1 Å². The number of hydrogen-bond donors (Lipinski definition) is 4. The SMILES string of the molecule is C=CCC(C=O)NC.CNC(CC(=O)O)C(=O)O. The summed E-state index contributed by atoms with van der Waals surface area (Å²) in [5, 5.41) is 21.6. The zero-order valence-corrected chi connectivity index (χ0v) is 10.5. The van der Waals surface area contributed by atoms with E-state index in [4.69, 9.17) is 10.2 Å². The Morgan fingerprint density at radius 3 is 1.94 bits per heavy atom. The van der Waals surface area contributed by atoms with Crippen LogP contribution in [0.2, 0.25) is 0 Å². The lowest BCUT2D eigenvalue weighted by atomic mass is 10.2. The predicted octanol–water partition coefficient (Wildman–Crippen LogP) is -0.517. The van der Waals surface area contributed by atoms with Crippen LogP contribution in [0.1, 0.15) is 12.8 Å². The van der Waals surface area contributed by atoms with Crippen LogP contribution in [0.4, 0.5) is 0 Å². The van der Waals surface area contributed by atoms with Crippen molar-refractivity contribution in [2.45, 2.75) is 24.9 Å². The highest BCUT2D eigenvalue weighted by Crippen LogP contribution is 1.90. The van der Waals surface area contributed by atoms with Crippen molar-refractivity contribution in [3.8, 4) is 0 Å². The molecule has 0 saturated carbocycles. The molecule has 0 bridgehead atoms. The standard InChI is InChI=1S/C6H11NO.C5H9NO4/c1-3-4-6(5-8)7-2;1-6-3(5(9)10)2-4(7)8/h3,5-7H,1,4H2,2H3;3,6H,2H2,1H3,(H,7,8)(H,9,10). The van der Waals surface area contributed by atoms with Crippen molar-refractivity contribution >= 4 is 18.2 Å². The summed E-state index contributed by atoms with van der Waals surface area (Å²) in [5.74, 6) is -2.27. The second kappa shape index (κ2) is 11.7. The van der Waals surface area contributed by atoms with Crippen LogP contribution >= 0.6 is 0 Å². The first kappa shape index (κ1) is 18.6. The van der Waals surface area contributed by atoms with Gasteiger partial charge in [0.2, 0.25) is 0 Å². The lowest BCUT2D eigenvalue weighted by Gasteiger charge is -2.06. The summed E-state index contributed by atoms with van der Waals surface area (Å²) in [7, 11) is 3.16. The molecule has 0 aromatic heterocycles. The number of rotatable bonds is 8. The van der Waals surface area contributed by atoms with E-state index in [1.165, 1.54) is 7.05 Å². The van der Waals surface area contributed by atoms with Crippen molar-refractivity contribution in [1.29, 1.82) is 0 Å². The zero-order chi connectivity index (χ0) is 14.6. The Morgan fingerprint density at radius 2 is 1.83 bits per heavy atom. The molecular formula is C11H20N2O5. The molecule has 2 atom stereocenters. The van der Waals surface area contributed by atoms with Crippen LogP contribution in [-0.2, 0) is 14.4 Å². The van der Waals surface area contributed by atoms with Gasteiger partial charge < -0.3 is 25.6 Å². The molecule has 0 aliphatic rings. The van der Waals surface area contributed by atoms with E-state index in [-0.39, 0.29) is 6.04 Å². The maximum Gasteiger partial charge on any atom is 0.321 e. The fourth-order valence-electron chi connectivity index (χ4n) is 0.908. The predicted molar refractivity (Wildman–Crippen MR) is 66.5 cm³/mol. The van der Waals surface area contributed by atoms with Gasteiger partial charge in [0, 0.05) is 0 Å². The number of hydrogen-bond acceptors (Lipinski definition) is 5.